The van der Waals surface area contributed by atoms with E-state index in [9.17, 15) is 4.79 Å². The zero-order valence-electron chi connectivity index (χ0n) is 12.9. The Hall–Kier alpha value is -1.55. The summed E-state index contributed by atoms with van der Waals surface area (Å²) in [6.45, 7) is 3.36. The lowest BCUT2D eigenvalue weighted by Crippen LogP contribution is -2.38. The van der Waals surface area contributed by atoms with Crippen molar-refractivity contribution in [2.24, 2.45) is 0 Å². The molecule has 1 aliphatic heterocycles. The number of ether oxygens (including phenoxy) is 1. The number of likely N-dealkylation sites (tertiary alicyclic amines) is 1. The second-order valence-electron chi connectivity index (χ2n) is 5.64. The molecule has 1 aromatic carbocycles. The Labute approximate surface area is 127 Å². The van der Waals surface area contributed by atoms with E-state index in [0.29, 0.717) is 13.1 Å². The van der Waals surface area contributed by atoms with Crippen molar-refractivity contribution < 1.29 is 9.53 Å². The van der Waals surface area contributed by atoms with Crippen LogP contribution in [-0.4, -0.2) is 44.1 Å². The molecule has 0 radical (unpaired) electrons. The van der Waals surface area contributed by atoms with E-state index in [1.807, 2.05) is 24.3 Å². The fraction of sp³-hybridized carbons (Fsp3) is 0.588. The summed E-state index contributed by atoms with van der Waals surface area (Å²) in [5.41, 5.74) is 1.21. The van der Waals surface area contributed by atoms with E-state index in [4.69, 9.17) is 4.74 Å². The molecule has 1 heterocycles. The number of carbonyl (C=O) groups is 1. The Balaban J connectivity index is 1.66. The molecule has 1 saturated heterocycles. The first-order valence-corrected chi connectivity index (χ1v) is 7.90. The lowest BCUT2D eigenvalue weighted by atomic mass is 10.1. The summed E-state index contributed by atoms with van der Waals surface area (Å²) >= 11 is 0. The molecule has 1 fully saturated rings. The molecule has 4 nitrogen and oxygen atoms in total. The summed E-state index contributed by atoms with van der Waals surface area (Å²) in [6, 6.07) is 7.99. The van der Waals surface area contributed by atoms with Gasteiger partial charge >= 0.3 is 0 Å². The molecule has 1 aromatic rings. The van der Waals surface area contributed by atoms with Gasteiger partial charge in [-0.1, -0.05) is 25.0 Å². The predicted molar refractivity (Wildman–Crippen MR) is 84.6 cm³/mol. The standard InChI is InChI=1S/C17H26N2O2/c1-21-16-8-6-15(7-9-16)10-11-18-17(20)14-19-12-4-2-3-5-13-19/h6-9H,2-5,10-14H2,1H3,(H,18,20). The van der Waals surface area contributed by atoms with E-state index < -0.39 is 0 Å². The van der Waals surface area contributed by atoms with Crippen molar-refractivity contribution in [2.75, 3.05) is 33.3 Å². The molecule has 4 heteroatoms. The monoisotopic (exact) mass is 290 g/mol. The van der Waals surface area contributed by atoms with E-state index in [-0.39, 0.29) is 5.91 Å². The molecular formula is C17H26N2O2. The number of methoxy groups -OCH3 is 1. The van der Waals surface area contributed by atoms with Gasteiger partial charge in [-0.3, -0.25) is 9.69 Å². The van der Waals surface area contributed by atoms with E-state index >= 15 is 0 Å². The summed E-state index contributed by atoms with van der Waals surface area (Å²) in [5, 5.41) is 3.02. The van der Waals surface area contributed by atoms with Crippen LogP contribution in [0.15, 0.2) is 24.3 Å². The highest BCUT2D eigenvalue weighted by Crippen LogP contribution is 2.11. The highest BCUT2D eigenvalue weighted by Gasteiger charge is 2.12. The van der Waals surface area contributed by atoms with Crippen LogP contribution in [0.25, 0.3) is 0 Å². The zero-order chi connectivity index (χ0) is 14.9. The van der Waals surface area contributed by atoms with Crippen molar-refractivity contribution in [1.82, 2.24) is 10.2 Å². The predicted octanol–water partition coefficient (Wildman–Crippen LogP) is 2.23. The lowest BCUT2D eigenvalue weighted by molar-refractivity contribution is -0.122. The first-order valence-electron chi connectivity index (χ1n) is 7.90. The number of amides is 1. The van der Waals surface area contributed by atoms with Crippen LogP contribution in [0.5, 0.6) is 5.75 Å². The van der Waals surface area contributed by atoms with E-state index in [1.54, 1.807) is 7.11 Å². The number of nitrogens with zero attached hydrogens (tertiary/aromatic N) is 1. The third-order valence-corrected chi connectivity index (χ3v) is 3.96. The van der Waals surface area contributed by atoms with Crippen molar-refractivity contribution in [3.63, 3.8) is 0 Å². The molecule has 0 unspecified atom stereocenters. The molecule has 0 saturated carbocycles. The second-order valence-corrected chi connectivity index (χ2v) is 5.64. The first kappa shape index (κ1) is 15.8. The van der Waals surface area contributed by atoms with Crippen molar-refractivity contribution in [3.05, 3.63) is 29.8 Å². The second kappa shape index (κ2) is 8.67. The fourth-order valence-corrected chi connectivity index (χ4v) is 2.69. The van der Waals surface area contributed by atoms with Crippen LogP contribution in [0.3, 0.4) is 0 Å². The maximum atomic E-state index is 11.9. The van der Waals surface area contributed by atoms with Gasteiger partial charge in [0.05, 0.1) is 13.7 Å². The number of carbonyl (C=O) groups excluding carboxylic acids is 1. The van der Waals surface area contributed by atoms with Crippen LogP contribution in [0.1, 0.15) is 31.2 Å². The van der Waals surface area contributed by atoms with Crippen LogP contribution in [-0.2, 0) is 11.2 Å². The zero-order valence-corrected chi connectivity index (χ0v) is 12.9. The highest BCUT2D eigenvalue weighted by molar-refractivity contribution is 5.78. The van der Waals surface area contributed by atoms with Gasteiger partial charge in [0, 0.05) is 6.54 Å². The number of hydrogen-bond acceptors (Lipinski definition) is 3. The largest absolute Gasteiger partial charge is 0.497 e. The quantitative estimate of drug-likeness (QED) is 0.873. The molecule has 0 spiro atoms. The minimum Gasteiger partial charge on any atom is -0.497 e. The molecule has 2 rings (SSSR count). The van der Waals surface area contributed by atoms with Crippen LogP contribution in [0, 0.1) is 0 Å². The number of benzene rings is 1. The molecule has 1 amide bonds. The van der Waals surface area contributed by atoms with Gasteiger partial charge < -0.3 is 10.1 Å². The maximum Gasteiger partial charge on any atom is 0.234 e. The van der Waals surface area contributed by atoms with Crippen LogP contribution in [0.2, 0.25) is 0 Å². The van der Waals surface area contributed by atoms with Gasteiger partial charge in [0.15, 0.2) is 0 Å². The summed E-state index contributed by atoms with van der Waals surface area (Å²) < 4.78 is 5.13. The topological polar surface area (TPSA) is 41.6 Å². The summed E-state index contributed by atoms with van der Waals surface area (Å²) in [5.74, 6) is 1.01. The van der Waals surface area contributed by atoms with E-state index in [1.165, 1.54) is 31.2 Å². The SMILES string of the molecule is COc1ccc(CCNC(=O)CN2CCCCCC2)cc1. The Morgan fingerprint density at radius 1 is 1.14 bits per heavy atom. The molecule has 21 heavy (non-hydrogen) atoms. The van der Waals surface area contributed by atoms with Crippen molar-refractivity contribution in [3.8, 4) is 5.75 Å². The van der Waals surface area contributed by atoms with E-state index in [2.05, 4.69) is 10.2 Å². The van der Waals surface area contributed by atoms with Gasteiger partial charge in [-0.05, 0) is 50.0 Å². The van der Waals surface area contributed by atoms with Gasteiger partial charge in [-0.15, -0.1) is 0 Å². The van der Waals surface area contributed by atoms with Gasteiger partial charge in [0.1, 0.15) is 5.75 Å². The smallest absolute Gasteiger partial charge is 0.234 e. The summed E-state index contributed by atoms with van der Waals surface area (Å²) in [7, 11) is 1.66. The molecule has 116 valence electrons. The number of nitrogens with one attached hydrogen (secondary N) is 1. The van der Waals surface area contributed by atoms with Gasteiger partial charge in [0.25, 0.3) is 0 Å². The maximum absolute atomic E-state index is 11.9. The molecule has 0 atom stereocenters. The Kier molecular flexibility index (Phi) is 6.54. The third-order valence-electron chi connectivity index (χ3n) is 3.96. The number of rotatable bonds is 6. The van der Waals surface area contributed by atoms with Gasteiger partial charge in [-0.25, -0.2) is 0 Å². The highest BCUT2D eigenvalue weighted by atomic mass is 16.5. The molecule has 1 N–H and O–H groups in total. The van der Waals surface area contributed by atoms with Gasteiger partial charge in [0.2, 0.25) is 5.91 Å². The molecule has 0 aromatic heterocycles. The Morgan fingerprint density at radius 2 is 1.81 bits per heavy atom. The normalized spacial score (nSPS) is 16.2. The Morgan fingerprint density at radius 3 is 2.43 bits per heavy atom. The van der Waals surface area contributed by atoms with Crippen LogP contribution < -0.4 is 10.1 Å². The third kappa shape index (κ3) is 5.76. The summed E-state index contributed by atoms with van der Waals surface area (Å²) in [6.07, 6.45) is 5.90. The van der Waals surface area contributed by atoms with E-state index in [0.717, 1.165) is 25.3 Å². The van der Waals surface area contributed by atoms with Crippen molar-refractivity contribution in [1.29, 1.82) is 0 Å². The van der Waals surface area contributed by atoms with Crippen LogP contribution >= 0.6 is 0 Å². The minimum atomic E-state index is 0.144. The fourth-order valence-electron chi connectivity index (χ4n) is 2.69. The molecule has 1 aliphatic rings. The average Bonchev–Trinajstić information content (AvgIpc) is 2.76. The minimum absolute atomic E-state index is 0.144. The van der Waals surface area contributed by atoms with Crippen molar-refractivity contribution >= 4 is 5.91 Å². The average molecular weight is 290 g/mol. The van der Waals surface area contributed by atoms with Gasteiger partial charge in [-0.2, -0.15) is 0 Å². The Bertz CT molecular complexity index is 423. The van der Waals surface area contributed by atoms with Crippen LogP contribution in [0.4, 0.5) is 0 Å². The summed E-state index contributed by atoms with van der Waals surface area (Å²) in [4.78, 5) is 14.2. The lowest BCUT2D eigenvalue weighted by Gasteiger charge is -2.18. The number of hydrogen-bond donors (Lipinski definition) is 1. The first-order chi connectivity index (χ1) is 10.3. The molecular weight excluding hydrogens is 264 g/mol. The van der Waals surface area contributed by atoms with Crippen molar-refractivity contribution in [2.45, 2.75) is 32.1 Å². The molecule has 0 aliphatic carbocycles. The molecule has 0 bridgehead atoms.